The van der Waals surface area contributed by atoms with E-state index in [1.54, 1.807) is 12.3 Å². The Hall–Kier alpha value is -1.86. The fourth-order valence-corrected chi connectivity index (χ4v) is 2.11. The van der Waals surface area contributed by atoms with E-state index < -0.39 is 0 Å². The molecule has 0 bridgehead atoms. The summed E-state index contributed by atoms with van der Waals surface area (Å²) in [5, 5.41) is 8.51. The fraction of sp³-hybridized carbons (Fsp3) is 0.538. The van der Waals surface area contributed by atoms with Gasteiger partial charge in [-0.2, -0.15) is 0 Å². The number of ether oxygens (including phenoxy) is 1. The number of morpholine rings is 1. The highest BCUT2D eigenvalue weighted by Crippen LogP contribution is 2.07. The van der Waals surface area contributed by atoms with Crippen LogP contribution in [0.4, 0.5) is 0 Å². The van der Waals surface area contributed by atoms with Gasteiger partial charge >= 0.3 is 0 Å². The molecule has 110 valence electrons. The van der Waals surface area contributed by atoms with Gasteiger partial charge in [0.2, 0.25) is 12.3 Å². The van der Waals surface area contributed by atoms with Crippen molar-refractivity contribution in [1.82, 2.24) is 20.9 Å². The Balaban J connectivity index is 1.85. The Bertz CT molecular complexity index is 427. The number of hydrogen-bond donors (Lipinski definition) is 3. The molecular weight excluding hydrogens is 260 g/mol. The third-order valence-corrected chi connectivity index (χ3v) is 3.25. The first kappa shape index (κ1) is 14.5. The van der Waals surface area contributed by atoms with E-state index in [1.807, 2.05) is 11.8 Å². The maximum atomic E-state index is 11.9. The van der Waals surface area contributed by atoms with Crippen molar-refractivity contribution in [3.8, 4) is 0 Å². The average molecular weight is 280 g/mol. The zero-order valence-corrected chi connectivity index (χ0v) is 11.5. The predicted molar refractivity (Wildman–Crippen MR) is 73.4 cm³/mol. The van der Waals surface area contributed by atoms with Crippen molar-refractivity contribution in [2.45, 2.75) is 13.0 Å². The smallest absolute Gasteiger partial charge is 0.238 e. The van der Waals surface area contributed by atoms with Gasteiger partial charge in [0.05, 0.1) is 31.5 Å². The van der Waals surface area contributed by atoms with Gasteiger partial charge in [-0.05, 0) is 13.0 Å². The summed E-state index contributed by atoms with van der Waals surface area (Å²) in [6.07, 6.45) is 4.12. The molecule has 7 heteroatoms. The largest absolute Gasteiger partial charge is 0.381 e. The van der Waals surface area contributed by atoms with Gasteiger partial charge in [-0.3, -0.25) is 14.5 Å². The van der Waals surface area contributed by atoms with Crippen molar-refractivity contribution in [3.63, 3.8) is 0 Å². The summed E-state index contributed by atoms with van der Waals surface area (Å²) in [7, 11) is 0. The van der Waals surface area contributed by atoms with E-state index in [4.69, 9.17) is 4.74 Å². The quantitative estimate of drug-likeness (QED) is 0.557. The zero-order chi connectivity index (χ0) is 14.4. The number of hydrogen-bond acceptors (Lipinski definition) is 5. The topological polar surface area (TPSA) is 82.7 Å². The van der Waals surface area contributed by atoms with E-state index in [1.165, 1.54) is 0 Å². The summed E-state index contributed by atoms with van der Waals surface area (Å²) in [4.78, 5) is 24.5. The number of carbonyl (C=O) groups excluding carboxylic acids is 2. The molecule has 2 aliphatic heterocycles. The SMILES string of the molecule is CC1NC=C(NC(=O)CN2CCOCC2)C=C1NC=O. The number of nitrogens with one attached hydrogen (secondary N) is 3. The monoisotopic (exact) mass is 280 g/mol. The summed E-state index contributed by atoms with van der Waals surface area (Å²) < 4.78 is 5.24. The second kappa shape index (κ2) is 7.06. The fourth-order valence-electron chi connectivity index (χ4n) is 2.11. The second-order valence-electron chi connectivity index (χ2n) is 4.79. The molecule has 20 heavy (non-hydrogen) atoms. The standard InChI is InChI=1S/C13H20N4O3/c1-10-12(15-9-18)6-11(7-14-10)16-13(19)8-17-2-4-20-5-3-17/h6-7,9-10,14H,2-5,8H2,1H3,(H,15,18)(H,16,19). The third kappa shape index (κ3) is 4.07. The molecule has 1 unspecified atom stereocenters. The van der Waals surface area contributed by atoms with Gasteiger partial charge in [0, 0.05) is 25.0 Å². The van der Waals surface area contributed by atoms with E-state index in [-0.39, 0.29) is 11.9 Å². The first-order valence-electron chi connectivity index (χ1n) is 6.67. The maximum Gasteiger partial charge on any atom is 0.238 e. The maximum absolute atomic E-state index is 11.9. The summed E-state index contributed by atoms with van der Waals surface area (Å²) in [6.45, 7) is 5.15. The first-order valence-corrected chi connectivity index (χ1v) is 6.67. The summed E-state index contributed by atoms with van der Waals surface area (Å²) in [5.41, 5.74) is 1.37. The molecule has 0 saturated carbocycles. The number of rotatable bonds is 5. The molecule has 7 nitrogen and oxygen atoms in total. The van der Waals surface area contributed by atoms with Crippen molar-refractivity contribution < 1.29 is 14.3 Å². The number of amides is 2. The molecule has 0 radical (unpaired) electrons. The Kier molecular flexibility index (Phi) is 5.14. The van der Waals surface area contributed by atoms with Gasteiger partial charge in [0.15, 0.2) is 0 Å². The molecule has 1 saturated heterocycles. The molecular formula is C13H20N4O3. The van der Waals surface area contributed by atoms with Crippen molar-refractivity contribution in [2.75, 3.05) is 32.8 Å². The average Bonchev–Trinajstić information content (AvgIpc) is 2.44. The normalized spacial score (nSPS) is 23.1. The van der Waals surface area contributed by atoms with Crippen LogP contribution in [0.5, 0.6) is 0 Å². The van der Waals surface area contributed by atoms with Crippen LogP contribution in [-0.4, -0.2) is 56.1 Å². The van der Waals surface area contributed by atoms with Crippen molar-refractivity contribution in [2.24, 2.45) is 0 Å². The van der Waals surface area contributed by atoms with Crippen LogP contribution >= 0.6 is 0 Å². The van der Waals surface area contributed by atoms with E-state index >= 15 is 0 Å². The molecule has 0 aromatic heterocycles. The van der Waals surface area contributed by atoms with E-state index in [9.17, 15) is 9.59 Å². The van der Waals surface area contributed by atoms with Gasteiger partial charge in [-0.1, -0.05) is 0 Å². The highest BCUT2D eigenvalue weighted by atomic mass is 16.5. The molecule has 0 aliphatic carbocycles. The number of carbonyl (C=O) groups is 2. The Morgan fingerprint density at radius 3 is 3.00 bits per heavy atom. The van der Waals surface area contributed by atoms with Crippen molar-refractivity contribution >= 4 is 12.3 Å². The lowest BCUT2D eigenvalue weighted by molar-refractivity contribution is -0.122. The van der Waals surface area contributed by atoms with Crippen LogP contribution in [0.15, 0.2) is 23.7 Å². The van der Waals surface area contributed by atoms with Gasteiger partial charge in [0.25, 0.3) is 0 Å². The lowest BCUT2D eigenvalue weighted by Crippen LogP contribution is -2.43. The Labute approximate surface area is 118 Å². The zero-order valence-electron chi connectivity index (χ0n) is 11.5. The highest BCUT2D eigenvalue weighted by Gasteiger charge is 2.17. The minimum absolute atomic E-state index is 0.0140. The molecule has 0 spiro atoms. The molecule has 1 atom stereocenters. The summed E-state index contributed by atoms with van der Waals surface area (Å²) in [5.74, 6) is -0.0730. The van der Waals surface area contributed by atoms with Crippen LogP contribution in [0.3, 0.4) is 0 Å². The molecule has 1 fully saturated rings. The molecule has 2 aliphatic rings. The van der Waals surface area contributed by atoms with Crippen molar-refractivity contribution in [1.29, 1.82) is 0 Å². The third-order valence-electron chi connectivity index (χ3n) is 3.25. The lowest BCUT2D eigenvalue weighted by atomic mass is 10.1. The molecule has 2 amide bonds. The van der Waals surface area contributed by atoms with Gasteiger partial charge in [-0.25, -0.2) is 0 Å². The predicted octanol–water partition coefficient (Wildman–Crippen LogP) is -1.10. The van der Waals surface area contributed by atoms with E-state index in [2.05, 4.69) is 16.0 Å². The van der Waals surface area contributed by atoms with E-state index in [0.29, 0.717) is 31.9 Å². The van der Waals surface area contributed by atoms with Gasteiger partial charge in [-0.15, -0.1) is 0 Å². The van der Waals surface area contributed by atoms with Crippen LogP contribution in [0.2, 0.25) is 0 Å². The highest BCUT2D eigenvalue weighted by molar-refractivity contribution is 5.80. The number of nitrogens with zero attached hydrogens (tertiary/aromatic N) is 1. The molecule has 0 aromatic rings. The molecule has 3 N–H and O–H groups in total. The Morgan fingerprint density at radius 1 is 1.55 bits per heavy atom. The summed E-state index contributed by atoms with van der Waals surface area (Å²) >= 11 is 0. The number of dihydropyridines is 1. The molecule has 0 aromatic carbocycles. The second-order valence-corrected chi connectivity index (χ2v) is 4.79. The first-order chi connectivity index (χ1) is 9.69. The van der Waals surface area contributed by atoms with Crippen molar-refractivity contribution in [3.05, 3.63) is 23.7 Å². The minimum atomic E-state index is -0.0730. The molecule has 2 heterocycles. The Morgan fingerprint density at radius 2 is 2.30 bits per heavy atom. The van der Waals surface area contributed by atoms with Crippen LogP contribution in [0.1, 0.15) is 6.92 Å². The van der Waals surface area contributed by atoms with Crippen LogP contribution in [0.25, 0.3) is 0 Å². The van der Waals surface area contributed by atoms with Crippen LogP contribution in [-0.2, 0) is 14.3 Å². The number of allylic oxidation sites excluding steroid dienone is 1. The minimum Gasteiger partial charge on any atom is -0.381 e. The van der Waals surface area contributed by atoms with Gasteiger partial charge in [0.1, 0.15) is 0 Å². The summed E-state index contributed by atoms with van der Waals surface area (Å²) in [6, 6.07) is 0.0140. The van der Waals surface area contributed by atoms with Crippen LogP contribution < -0.4 is 16.0 Å². The van der Waals surface area contributed by atoms with Gasteiger partial charge < -0.3 is 20.7 Å². The molecule has 2 rings (SSSR count). The van der Waals surface area contributed by atoms with Crippen LogP contribution in [0, 0.1) is 0 Å². The van der Waals surface area contributed by atoms with E-state index in [0.717, 1.165) is 18.8 Å². The lowest BCUT2D eigenvalue weighted by Gasteiger charge is -2.26.